The van der Waals surface area contributed by atoms with Crippen molar-refractivity contribution in [2.75, 3.05) is 24.0 Å². The van der Waals surface area contributed by atoms with E-state index in [2.05, 4.69) is 12.1 Å². The van der Waals surface area contributed by atoms with Crippen molar-refractivity contribution in [1.82, 2.24) is 9.13 Å². The number of carbonyl (C=O) groups excluding carboxylic acids is 2. The Balaban J connectivity index is 0.000000270. The number of aromatic nitrogens is 2. The lowest BCUT2D eigenvalue weighted by molar-refractivity contribution is 0.100. The second kappa shape index (κ2) is 16.8. The van der Waals surface area contributed by atoms with Gasteiger partial charge in [-0.1, -0.05) is 6.92 Å². The third-order valence-electron chi connectivity index (χ3n) is 8.49. The van der Waals surface area contributed by atoms with Crippen LogP contribution < -0.4 is 0 Å². The molecule has 0 saturated carbocycles. The minimum Gasteiger partial charge on any atom is -0.317 e. The highest BCUT2D eigenvalue weighted by Gasteiger charge is 2.21. The summed E-state index contributed by atoms with van der Waals surface area (Å²) in [7, 11) is -6.00. The van der Waals surface area contributed by atoms with Crippen LogP contribution in [0.1, 0.15) is 101 Å². The molecule has 0 fully saturated rings. The highest BCUT2D eigenvalue weighted by Crippen LogP contribution is 2.30. The van der Waals surface area contributed by atoms with Crippen LogP contribution in [0, 0.1) is 36.5 Å². The van der Waals surface area contributed by atoms with Crippen molar-refractivity contribution >= 4 is 31.2 Å². The van der Waals surface area contributed by atoms with Gasteiger partial charge in [0.05, 0.1) is 29.0 Å². The van der Waals surface area contributed by atoms with Crippen molar-refractivity contribution in [3.8, 4) is 23.5 Å². The van der Waals surface area contributed by atoms with E-state index >= 15 is 0 Å². The monoisotopic (exact) mass is 716 g/mol. The van der Waals surface area contributed by atoms with Crippen LogP contribution in [0.2, 0.25) is 0 Å². The van der Waals surface area contributed by atoms with Gasteiger partial charge in [-0.25, -0.2) is 16.8 Å². The minimum absolute atomic E-state index is 0.00211. The summed E-state index contributed by atoms with van der Waals surface area (Å²) in [6.07, 6.45) is 4.95. The van der Waals surface area contributed by atoms with E-state index in [4.69, 9.17) is 10.5 Å². The lowest BCUT2D eigenvalue weighted by Gasteiger charge is -2.17. The molecule has 0 aliphatic heterocycles. The van der Waals surface area contributed by atoms with Crippen LogP contribution in [0.5, 0.6) is 0 Å². The Hall–Kier alpha value is -4.78. The van der Waals surface area contributed by atoms with Crippen LogP contribution in [0.25, 0.3) is 11.4 Å². The van der Waals surface area contributed by atoms with E-state index in [1.165, 1.54) is 19.4 Å². The molecule has 2 aromatic carbocycles. The predicted molar refractivity (Wildman–Crippen MR) is 196 cm³/mol. The topological polar surface area (TPSA) is 160 Å². The van der Waals surface area contributed by atoms with Gasteiger partial charge in [-0.05, 0) is 120 Å². The summed E-state index contributed by atoms with van der Waals surface area (Å²) in [6.45, 7) is 8.80. The molecule has 10 nitrogen and oxygen atoms in total. The number of Topliss-reactive ketones (excluding diaryl/α,β-unsaturated/α-hetero) is 2. The Morgan fingerprint density at radius 3 is 1.58 bits per heavy atom. The number of ketones is 2. The fourth-order valence-electron chi connectivity index (χ4n) is 5.84. The number of hydrogen-bond donors (Lipinski definition) is 0. The van der Waals surface area contributed by atoms with E-state index in [1.807, 2.05) is 66.3 Å². The molecule has 2 heterocycles. The van der Waals surface area contributed by atoms with Crippen LogP contribution in [0.15, 0.2) is 60.7 Å². The maximum absolute atomic E-state index is 12.0. The maximum atomic E-state index is 12.0. The van der Waals surface area contributed by atoms with Crippen molar-refractivity contribution < 1.29 is 26.4 Å². The molecular weight excluding hydrogens is 673 g/mol. The Morgan fingerprint density at radius 1 is 0.700 bits per heavy atom. The summed E-state index contributed by atoms with van der Waals surface area (Å²) >= 11 is 0. The lowest BCUT2D eigenvalue weighted by atomic mass is 10.0. The first-order chi connectivity index (χ1) is 23.4. The number of rotatable bonds is 13. The molecule has 0 N–H and O–H groups in total. The predicted octanol–water partition coefficient (Wildman–Crippen LogP) is 6.63. The number of hydrogen-bond acceptors (Lipinski definition) is 8. The highest BCUT2D eigenvalue weighted by atomic mass is 32.2. The van der Waals surface area contributed by atoms with Gasteiger partial charge < -0.3 is 9.13 Å². The summed E-state index contributed by atoms with van der Waals surface area (Å²) in [6, 6.07) is 22.3. The van der Waals surface area contributed by atoms with Crippen LogP contribution in [0.4, 0.5) is 0 Å². The first kappa shape index (κ1) is 39.7. The molecule has 264 valence electrons. The van der Waals surface area contributed by atoms with Gasteiger partial charge in [0.25, 0.3) is 0 Å². The number of aryl methyl sites for hydroxylation is 1. The molecule has 1 atom stereocenters. The van der Waals surface area contributed by atoms with Crippen LogP contribution in [-0.2, 0) is 26.1 Å². The molecule has 0 bridgehead atoms. The molecule has 4 aromatic rings. The number of nitriles is 2. The Bertz CT molecular complexity index is 2160. The summed E-state index contributed by atoms with van der Waals surface area (Å²) in [4.78, 5) is 23.8. The van der Waals surface area contributed by atoms with E-state index in [0.717, 1.165) is 40.6 Å². The number of carbonyl (C=O) groups is 2. The van der Waals surface area contributed by atoms with Gasteiger partial charge >= 0.3 is 0 Å². The molecule has 0 aliphatic carbocycles. The van der Waals surface area contributed by atoms with E-state index in [-0.39, 0.29) is 29.0 Å². The van der Waals surface area contributed by atoms with Gasteiger partial charge in [-0.3, -0.25) is 9.59 Å². The summed E-state index contributed by atoms with van der Waals surface area (Å²) in [5.41, 5.74) is 7.73. The van der Waals surface area contributed by atoms with Crippen molar-refractivity contribution in [3.63, 3.8) is 0 Å². The molecular formula is C38H44N4O6S2. The molecule has 0 saturated heterocycles. The molecule has 1 unspecified atom stereocenters. The molecule has 4 rings (SSSR count). The van der Waals surface area contributed by atoms with Gasteiger partial charge in [0, 0.05) is 63.5 Å². The fraction of sp³-hybridized carbons (Fsp3) is 0.368. The Labute approximate surface area is 295 Å². The molecule has 0 radical (unpaired) electrons. The number of unbranched alkanes of at least 4 members (excludes halogenated alkanes) is 1. The number of sulfone groups is 2. The molecule has 50 heavy (non-hydrogen) atoms. The molecule has 2 aromatic heterocycles. The zero-order chi connectivity index (χ0) is 37.4. The summed E-state index contributed by atoms with van der Waals surface area (Å²) < 4.78 is 49.5. The van der Waals surface area contributed by atoms with E-state index in [9.17, 15) is 26.4 Å². The standard InChI is InChI=1S/2C19H22N2O3S/c1-13(9-10-25(4,23)24)19-11-18(15(3)22)14(2)21(19)17-7-5-16(12-20)6-8-17;1-14-19(15(2)22)12-18(6-4-5-11-25(3,23)24)21(14)17-9-7-16(13-20)8-10-17/h5-8,11,13H,9-10H2,1-4H3;7-10,12H,4-6,11H2,1-3H3. The van der Waals surface area contributed by atoms with Gasteiger partial charge in [0.15, 0.2) is 11.6 Å². The van der Waals surface area contributed by atoms with E-state index in [1.54, 1.807) is 31.2 Å². The maximum Gasteiger partial charge on any atom is 0.161 e. The smallest absolute Gasteiger partial charge is 0.161 e. The van der Waals surface area contributed by atoms with Crippen molar-refractivity contribution in [1.29, 1.82) is 10.5 Å². The zero-order valence-corrected chi connectivity index (χ0v) is 31.3. The van der Waals surface area contributed by atoms with Gasteiger partial charge in [-0.15, -0.1) is 0 Å². The van der Waals surface area contributed by atoms with Crippen LogP contribution in [0.3, 0.4) is 0 Å². The lowest BCUT2D eigenvalue weighted by Crippen LogP contribution is -2.10. The van der Waals surface area contributed by atoms with E-state index < -0.39 is 19.7 Å². The third-order valence-corrected chi connectivity index (χ3v) is 10.5. The van der Waals surface area contributed by atoms with Gasteiger partial charge in [0.1, 0.15) is 19.7 Å². The quantitative estimate of drug-likeness (QED) is 0.110. The minimum atomic E-state index is -3.05. The second-order valence-corrected chi connectivity index (χ2v) is 17.2. The number of benzene rings is 2. The van der Waals surface area contributed by atoms with Crippen molar-refractivity contribution in [2.24, 2.45) is 0 Å². The molecule has 12 heteroatoms. The van der Waals surface area contributed by atoms with Crippen molar-refractivity contribution in [2.45, 2.75) is 66.2 Å². The Kier molecular flexibility index (Phi) is 13.3. The fourth-order valence-corrected chi connectivity index (χ4v) is 7.35. The first-order valence-electron chi connectivity index (χ1n) is 16.2. The Morgan fingerprint density at radius 2 is 1.14 bits per heavy atom. The third kappa shape index (κ3) is 10.6. The normalized spacial score (nSPS) is 11.9. The highest BCUT2D eigenvalue weighted by molar-refractivity contribution is 7.90. The van der Waals surface area contributed by atoms with Gasteiger partial charge in [0.2, 0.25) is 0 Å². The molecule has 0 aliphatic rings. The van der Waals surface area contributed by atoms with Crippen LogP contribution in [-0.4, -0.2) is 61.6 Å². The molecule has 0 amide bonds. The second-order valence-electron chi connectivity index (χ2n) is 12.7. The van der Waals surface area contributed by atoms with E-state index in [0.29, 0.717) is 41.5 Å². The van der Waals surface area contributed by atoms with Gasteiger partial charge in [-0.2, -0.15) is 10.5 Å². The largest absolute Gasteiger partial charge is 0.317 e. The average molecular weight is 717 g/mol. The summed E-state index contributed by atoms with van der Waals surface area (Å²) in [5.74, 6) is 0.213. The first-order valence-corrected chi connectivity index (χ1v) is 20.3. The summed E-state index contributed by atoms with van der Waals surface area (Å²) in [5, 5.41) is 17.9. The SMILES string of the molecule is CC(=O)c1cc(C(C)CCS(C)(=O)=O)n(-c2ccc(C#N)cc2)c1C.CC(=O)c1cc(CCCCS(C)(=O)=O)n(-c2ccc(C#N)cc2)c1C. The molecule has 0 spiro atoms. The number of nitrogens with zero attached hydrogens (tertiary/aromatic N) is 4. The van der Waals surface area contributed by atoms with Crippen LogP contribution >= 0.6 is 0 Å². The van der Waals surface area contributed by atoms with Crippen molar-refractivity contribution in [3.05, 3.63) is 106 Å². The average Bonchev–Trinajstić information content (AvgIpc) is 3.58. The zero-order valence-electron chi connectivity index (χ0n) is 29.6.